The van der Waals surface area contributed by atoms with Crippen LogP contribution in [0.15, 0.2) is 18.2 Å². The summed E-state index contributed by atoms with van der Waals surface area (Å²) in [6, 6.07) is 6.57. The van der Waals surface area contributed by atoms with Gasteiger partial charge in [-0.1, -0.05) is 34.8 Å². The van der Waals surface area contributed by atoms with Gasteiger partial charge in [-0.15, -0.1) is 0 Å². The molecule has 0 spiro atoms. The normalized spacial score (nSPS) is 25.1. The van der Waals surface area contributed by atoms with Gasteiger partial charge in [0.05, 0.1) is 17.6 Å². The van der Waals surface area contributed by atoms with Gasteiger partial charge >= 0.3 is 5.97 Å². The van der Waals surface area contributed by atoms with Crippen LogP contribution in [0.5, 0.6) is 0 Å². The second-order valence-corrected chi connectivity index (χ2v) is 5.73. The molecule has 2 rings (SSSR count). The summed E-state index contributed by atoms with van der Waals surface area (Å²) in [6.07, 6.45) is 0. The van der Waals surface area contributed by atoms with Crippen molar-refractivity contribution in [3.8, 4) is 6.07 Å². The van der Waals surface area contributed by atoms with Gasteiger partial charge in [-0.2, -0.15) is 5.26 Å². The van der Waals surface area contributed by atoms with Crippen LogP contribution < -0.4 is 0 Å². The molecule has 1 saturated carbocycles. The van der Waals surface area contributed by atoms with E-state index in [1.807, 2.05) is 6.07 Å². The van der Waals surface area contributed by atoms with Gasteiger partial charge in [-0.25, -0.2) is 0 Å². The van der Waals surface area contributed by atoms with Crippen LogP contribution in [0.2, 0.25) is 5.02 Å². The van der Waals surface area contributed by atoms with Crippen molar-refractivity contribution in [2.24, 2.45) is 5.92 Å². The quantitative estimate of drug-likeness (QED) is 0.851. The average molecular weight is 291 g/mol. The predicted molar refractivity (Wildman–Crippen MR) is 64.5 cm³/mol. The molecule has 1 aliphatic carbocycles. The van der Waals surface area contributed by atoms with Crippen LogP contribution in [0.4, 0.5) is 0 Å². The Labute approximate surface area is 113 Å². The third-order valence-corrected chi connectivity index (χ3v) is 3.89. The standard InChI is InChI=1S/C11H6Cl3NO2/c12-7-2-5(4-15)1-6(3-7)8-9(10(16)17)11(8,13)14/h1-3,8-9H,(H,16,17)/t8-,9+/m0/s1. The molecular formula is C11H6Cl3NO2. The minimum absolute atomic E-state index is 0.354. The van der Waals surface area contributed by atoms with Crippen molar-refractivity contribution in [3.63, 3.8) is 0 Å². The Kier molecular flexibility index (Phi) is 2.99. The van der Waals surface area contributed by atoms with Gasteiger partial charge in [-0.3, -0.25) is 4.79 Å². The van der Waals surface area contributed by atoms with Crippen LogP contribution in [-0.2, 0) is 4.79 Å². The van der Waals surface area contributed by atoms with Crippen LogP contribution in [0.25, 0.3) is 0 Å². The van der Waals surface area contributed by atoms with Gasteiger partial charge in [0.2, 0.25) is 0 Å². The molecule has 3 nitrogen and oxygen atoms in total. The lowest BCUT2D eigenvalue weighted by Crippen LogP contribution is -2.03. The zero-order chi connectivity index (χ0) is 12.8. The van der Waals surface area contributed by atoms with Gasteiger partial charge in [-0.05, 0) is 23.8 Å². The molecular weight excluding hydrogens is 284 g/mol. The molecule has 1 aliphatic rings. The van der Waals surface area contributed by atoms with Crippen molar-refractivity contribution >= 4 is 40.8 Å². The zero-order valence-electron chi connectivity index (χ0n) is 8.32. The fourth-order valence-corrected chi connectivity index (χ4v) is 2.97. The number of carbonyl (C=O) groups is 1. The fourth-order valence-electron chi connectivity index (χ4n) is 1.91. The Hall–Kier alpha value is -0.950. The molecule has 2 atom stereocenters. The largest absolute Gasteiger partial charge is 0.481 e. The predicted octanol–water partition coefficient (Wildman–Crippen LogP) is 3.18. The van der Waals surface area contributed by atoms with Crippen LogP contribution >= 0.6 is 34.8 Å². The van der Waals surface area contributed by atoms with Gasteiger partial charge in [0, 0.05) is 10.9 Å². The van der Waals surface area contributed by atoms with E-state index < -0.39 is 22.1 Å². The van der Waals surface area contributed by atoms with E-state index in [9.17, 15) is 4.79 Å². The van der Waals surface area contributed by atoms with Crippen LogP contribution in [0.1, 0.15) is 17.0 Å². The fraction of sp³-hybridized carbons (Fsp3) is 0.273. The highest BCUT2D eigenvalue weighted by molar-refractivity contribution is 6.53. The molecule has 0 saturated heterocycles. The molecule has 1 aromatic carbocycles. The number of alkyl halides is 2. The SMILES string of the molecule is N#Cc1cc(Cl)cc([C@H]2[C@H](C(=O)O)C2(Cl)Cl)c1. The molecule has 0 aliphatic heterocycles. The van der Waals surface area contributed by atoms with E-state index in [2.05, 4.69) is 0 Å². The molecule has 1 fully saturated rings. The maximum absolute atomic E-state index is 10.9. The van der Waals surface area contributed by atoms with E-state index in [-0.39, 0.29) is 0 Å². The second kappa shape index (κ2) is 4.06. The number of hydrogen-bond acceptors (Lipinski definition) is 2. The minimum Gasteiger partial charge on any atom is -0.481 e. The minimum atomic E-state index is -1.33. The number of benzene rings is 1. The number of aliphatic carboxylic acids is 1. The van der Waals surface area contributed by atoms with Crippen molar-refractivity contribution in [2.75, 3.05) is 0 Å². The number of carboxylic acid groups (broad SMARTS) is 1. The Morgan fingerprint density at radius 2 is 2.06 bits per heavy atom. The summed E-state index contributed by atoms with van der Waals surface area (Å²) < 4.78 is -1.33. The number of carboxylic acids is 1. The van der Waals surface area contributed by atoms with Crippen molar-refractivity contribution < 1.29 is 9.90 Å². The first-order valence-electron chi connectivity index (χ1n) is 4.69. The molecule has 0 heterocycles. The van der Waals surface area contributed by atoms with E-state index in [0.29, 0.717) is 16.1 Å². The Morgan fingerprint density at radius 1 is 1.41 bits per heavy atom. The summed E-state index contributed by atoms with van der Waals surface area (Å²) in [7, 11) is 0. The summed E-state index contributed by atoms with van der Waals surface area (Å²) in [5.41, 5.74) is 0.930. The highest BCUT2D eigenvalue weighted by atomic mass is 35.5. The lowest BCUT2D eigenvalue weighted by molar-refractivity contribution is -0.138. The average Bonchev–Trinajstić information content (AvgIpc) is 2.80. The van der Waals surface area contributed by atoms with E-state index >= 15 is 0 Å². The summed E-state index contributed by atoms with van der Waals surface area (Å²) in [5, 5.41) is 18.1. The molecule has 0 bridgehead atoms. The topological polar surface area (TPSA) is 61.1 Å². The number of halogens is 3. The van der Waals surface area contributed by atoms with Gasteiger partial charge in [0.25, 0.3) is 0 Å². The molecule has 1 N–H and O–H groups in total. The van der Waals surface area contributed by atoms with Crippen LogP contribution in [0.3, 0.4) is 0 Å². The van der Waals surface area contributed by atoms with E-state index in [4.69, 9.17) is 45.2 Å². The molecule has 1 aromatic rings. The first-order chi connectivity index (χ1) is 7.87. The van der Waals surface area contributed by atoms with Crippen molar-refractivity contribution in [1.29, 1.82) is 5.26 Å². The maximum atomic E-state index is 10.9. The van der Waals surface area contributed by atoms with Crippen molar-refractivity contribution in [1.82, 2.24) is 0 Å². The molecule has 17 heavy (non-hydrogen) atoms. The van der Waals surface area contributed by atoms with E-state index in [1.165, 1.54) is 6.07 Å². The first-order valence-corrected chi connectivity index (χ1v) is 5.82. The molecule has 88 valence electrons. The molecule has 0 radical (unpaired) electrons. The van der Waals surface area contributed by atoms with Gasteiger partial charge < -0.3 is 5.11 Å². The molecule has 0 unspecified atom stereocenters. The Morgan fingerprint density at radius 3 is 2.53 bits per heavy atom. The molecule has 0 amide bonds. The summed E-state index contributed by atoms with van der Waals surface area (Å²) >= 11 is 17.7. The van der Waals surface area contributed by atoms with Crippen molar-refractivity contribution in [3.05, 3.63) is 34.3 Å². The smallest absolute Gasteiger partial charge is 0.310 e. The van der Waals surface area contributed by atoms with E-state index in [1.54, 1.807) is 12.1 Å². The highest BCUT2D eigenvalue weighted by Gasteiger charge is 2.68. The summed E-state index contributed by atoms with van der Waals surface area (Å²) in [5.74, 6) is -2.46. The Bertz CT molecular complexity index is 536. The lowest BCUT2D eigenvalue weighted by atomic mass is 10.1. The maximum Gasteiger partial charge on any atom is 0.310 e. The van der Waals surface area contributed by atoms with E-state index in [0.717, 1.165) is 0 Å². The van der Waals surface area contributed by atoms with Gasteiger partial charge in [0.15, 0.2) is 0 Å². The lowest BCUT2D eigenvalue weighted by Gasteiger charge is -2.02. The second-order valence-electron chi connectivity index (χ2n) is 3.85. The highest BCUT2D eigenvalue weighted by Crippen LogP contribution is 2.65. The molecule has 0 aromatic heterocycles. The van der Waals surface area contributed by atoms with Crippen LogP contribution in [-0.4, -0.2) is 15.4 Å². The number of nitriles is 1. The monoisotopic (exact) mass is 289 g/mol. The Balaban J connectivity index is 2.41. The molecule has 6 heteroatoms. The zero-order valence-corrected chi connectivity index (χ0v) is 10.6. The number of hydrogen-bond donors (Lipinski definition) is 1. The number of rotatable bonds is 2. The van der Waals surface area contributed by atoms with Crippen LogP contribution in [0, 0.1) is 17.2 Å². The summed E-state index contributed by atoms with van der Waals surface area (Å²) in [6.45, 7) is 0. The van der Waals surface area contributed by atoms with Crippen molar-refractivity contribution in [2.45, 2.75) is 10.3 Å². The van der Waals surface area contributed by atoms with Gasteiger partial charge in [0.1, 0.15) is 4.33 Å². The first kappa shape index (κ1) is 12.5. The summed E-state index contributed by atoms with van der Waals surface area (Å²) in [4.78, 5) is 10.9. The third kappa shape index (κ3) is 2.09. The number of nitrogens with zero attached hydrogens (tertiary/aromatic N) is 1. The third-order valence-electron chi connectivity index (χ3n) is 2.73.